The molecule has 0 bridgehead atoms. The molecule has 138 valence electrons. The summed E-state index contributed by atoms with van der Waals surface area (Å²) in [6, 6.07) is 2.16. The van der Waals surface area contributed by atoms with Crippen LogP contribution in [0.1, 0.15) is 47.5 Å². The summed E-state index contributed by atoms with van der Waals surface area (Å²) in [5, 5.41) is 9.01. The molecule has 26 heavy (non-hydrogen) atoms. The summed E-state index contributed by atoms with van der Waals surface area (Å²) in [6.07, 6.45) is 6.55. The molecule has 1 atom stereocenters. The van der Waals surface area contributed by atoms with Gasteiger partial charge >= 0.3 is 0 Å². The fourth-order valence-corrected chi connectivity index (χ4v) is 5.45. The molecule has 4 heterocycles. The van der Waals surface area contributed by atoms with Crippen molar-refractivity contribution in [2.75, 3.05) is 12.3 Å². The van der Waals surface area contributed by atoms with Crippen LogP contribution in [0.15, 0.2) is 15.4 Å². The summed E-state index contributed by atoms with van der Waals surface area (Å²) in [6.45, 7) is 2.57. The monoisotopic (exact) mass is 372 g/mol. The second kappa shape index (κ2) is 6.85. The van der Waals surface area contributed by atoms with Gasteiger partial charge in [-0.2, -0.15) is 16.9 Å². The number of aromatic nitrogens is 3. The van der Waals surface area contributed by atoms with Crippen molar-refractivity contribution < 1.29 is 4.52 Å². The number of rotatable bonds is 4. The van der Waals surface area contributed by atoms with E-state index in [-0.39, 0.29) is 5.56 Å². The molecule has 0 spiro atoms. The first-order chi connectivity index (χ1) is 12.8. The van der Waals surface area contributed by atoms with Gasteiger partial charge in [-0.3, -0.25) is 9.69 Å². The highest BCUT2D eigenvalue weighted by atomic mass is 32.2. The fourth-order valence-electron chi connectivity index (χ4n) is 4.50. The first kappa shape index (κ1) is 16.6. The molecule has 1 aliphatic carbocycles. The van der Waals surface area contributed by atoms with Crippen molar-refractivity contribution in [3.05, 3.63) is 44.7 Å². The fraction of sp³-hybridized carbons (Fsp3) is 0.632. The van der Waals surface area contributed by atoms with Crippen molar-refractivity contribution in [2.24, 2.45) is 0 Å². The van der Waals surface area contributed by atoms with E-state index in [2.05, 4.69) is 10.1 Å². The molecule has 0 saturated carbocycles. The van der Waals surface area contributed by atoms with Gasteiger partial charge < -0.3 is 4.52 Å². The molecular weight excluding hydrogens is 348 g/mol. The molecule has 1 saturated heterocycles. The average Bonchev–Trinajstić information content (AvgIpc) is 3.35. The number of fused-ring (bicyclic) bond motifs is 2. The maximum Gasteiger partial charge on any atom is 0.267 e. The number of aryl methyl sites for hydroxylation is 2. The Balaban J connectivity index is 1.34. The number of likely N-dealkylation sites (tertiary alicyclic amines) is 1. The van der Waals surface area contributed by atoms with Crippen molar-refractivity contribution in [1.82, 2.24) is 19.8 Å². The number of hydrogen-bond acceptors (Lipinski definition) is 6. The Kier molecular flexibility index (Phi) is 4.36. The second-order valence-electron chi connectivity index (χ2n) is 7.59. The lowest BCUT2D eigenvalue weighted by Crippen LogP contribution is -2.37. The molecule has 7 heteroatoms. The van der Waals surface area contributed by atoms with Crippen LogP contribution in [0, 0.1) is 0 Å². The lowest BCUT2D eigenvalue weighted by atomic mass is 10.1. The van der Waals surface area contributed by atoms with E-state index in [0.717, 1.165) is 73.0 Å². The summed E-state index contributed by atoms with van der Waals surface area (Å²) >= 11 is 1.89. The quantitative estimate of drug-likeness (QED) is 0.820. The maximum absolute atomic E-state index is 12.5. The maximum atomic E-state index is 12.5. The van der Waals surface area contributed by atoms with Gasteiger partial charge in [-0.15, -0.1) is 0 Å². The predicted octanol–water partition coefficient (Wildman–Crippen LogP) is 2.17. The van der Waals surface area contributed by atoms with Gasteiger partial charge in [0.15, 0.2) is 0 Å². The molecule has 6 nitrogen and oxygen atoms in total. The van der Waals surface area contributed by atoms with E-state index in [1.54, 1.807) is 10.7 Å². The van der Waals surface area contributed by atoms with Crippen molar-refractivity contribution in [3.63, 3.8) is 0 Å². The van der Waals surface area contributed by atoms with Crippen LogP contribution in [-0.2, 0) is 38.1 Å². The number of nitrogens with zero attached hydrogens (tertiary/aromatic N) is 4. The van der Waals surface area contributed by atoms with E-state index in [9.17, 15) is 4.79 Å². The normalized spacial score (nSPS) is 22.5. The topological polar surface area (TPSA) is 64.2 Å². The average molecular weight is 372 g/mol. The molecule has 1 unspecified atom stereocenters. The lowest BCUT2D eigenvalue weighted by Gasteiger charge is -2.24. The molecule has 0 N–H and O–H groups in total. The Labute approximate surface area is 156 Å². The van der Waals surface area contributed by atoms with Crippen LogP contribution in [-0.4, -0.2) is 38.2 Å². The zero-order valence-electron chi connectivity index (χ0n) is 14.9. The van der Waals surface area contributed by atoms with Crippen molar-refractivity contribution in [3.8, 4) is 0 Å². The van der Waals surface area contributed by atoms with Crippen LogP contribution >= 0.6 is 11.8 Å². The predicted molar refractivity (Wildman–Crippen MR) is 100 cm³/mol. The highest BCUT2D eigenvalue weighted by molar-refractivity contribution is 7.98. The van der Waals surface area contributed by atoms with E-state index < -0.39 is 0 Å². The van der Waals surface area contributed by atoms with Gasteiger partial charge in [0.25, 0.3) is 5.56 Å². The summed E-state index contributed by atoms with van der Waals surface area (Å²) in [5.41, 5.74) is 4.72. The lowest BCUT2D eigenvalue weighted by molar-refractivity contribution is 0.209. The molecule has 2 aromatic heterocycles. The summed E-state index contributed by atoms with van der Waals surface area (Å²) in [7, 11) is 0. The van der Waals surface area contributed by atoms with Crippen LogP contribution in [0.25, 0.3) is 0 Å². The molecule has 0 amide bonds. The van der Waals surface area contributed by atoms with Crippen molar-refractivity contribution >= 4 is 11.8 Å². The van der Waals surface area contributed by atoms with Gasteiger partial charge in [-0.1, -0.05) is 5.16 Å². The standard InChI is InChI=1S/C19H24N4O2S/c24-19-9-13-12-26-8-6-16(13)20-23(19)10-14-3-2-7-22(14)11-17-15-4-1-5-18(15)25-21-17/h9,14H,1-8,10-12H2. The minimum Gasteiger partial charge on any atom is -0.361 e. The van der Waals surface area contributed by atoms with E-state index in [1.165, 1.54) is 18.4 Å². The minimum atomic E-state index is 0.0421. The molecule has 1 fully saturated rings. The second-order valence-corrected chi connectivity index (χ2v) is 8.70. The Bertz CT molecular complexity index is 875. The Hall–Kier alpha value is -1.60. The Morgan fingerprint density at radius 1 is 1.27 bits per heavy atom. The van der Waals surface area contributed by atoms with Crippen LogP contribution in [0.4, 0.5) is 0 Å². The zero-order valence-corrected chi connectivity index (χ0v) is 15.8. The van der Waals surface area contributed by atoms with Crippen LogP contribution in [0.2, 0.25) is 0 Å². The SMILES string of the molecule is O=c1cc2c(nn1CC1CCCN1Cc1noc3c1CCC3)CCSC2. The third-order valence-electron chi connectivity index (χ3n) is 5.92. The molecule has 5 rings (SSSR count). The third kappa shape index (κ3) is 3.01. The van der Waals surface area contributed by atoms with Gasteiger partial charge in [-0.05, 0) is 43.5 Å². The number of hydrogen-bond donors (Lipinski definition) is 0. The summed E-state index contributed by atoms with van der Waals surface area (Å²) < 4.78 is 7.21. The van der Waals surface area contributed by atoms with Gasteiger partial charge in [0.05, 0.1) is 12.2 Å². The molecule has 0 radical (unpaired) electrons. The van der Waals surface area contributed by atoms with Crippen molar-refractivity contribution in [1.29, 1.82) is 0 Å². The van der Waals surface area contributed by atoms with E-state index in [4.69, 9.17) is 9.62 Å². The Morgan fingerprint density at radius 3 is 3.19 bits per heavy atom. The van der Waals surface area contributed by atoms with E-state index >= 15 is 0 Å². The number of thioether (sulfide) groups is 1. The van der Waals surface area contributed by atoms with Gasteiger partial charge in [0.2, 0.25) is 0 Å². The smallest absolute Gasteiger partial charge is 0.267 e. The van der Waals surface area contributed by atoms with E-state index in [0.29, 0.717) is 12.6 Å². The molecular formula is C19H24N4O2S. The Morgan fingerprint density at radius 2 is 2.23 bits per heavy atom. The largest absolute Gasteiger partial charge is 0.361 e. The van der Waals surface area contributed by atoms with E-state index in [1.807, 2.05) is 11.8 Å². The first-order valence-electron chi connectivity index (χ1n) is 9.66. The zero-order chi connectivity index (χ0) is 17.5. The molecule has 0 aromatic carbocycles. The van der Waals surface area contributed by atoms with Gasteiger partial charge in [0, 0.05) is 42.8 Å². The molecule has 3 aliphatic rings. The van der Waals surface area contributed by atoms with Gasteiger partial charge in [-0.25, -0.2) is 4.68 Å². The highest BCUT2D eigenvalue weighted by Gasteiger charge is 2.29. The molecule has 2 aromatic rings. The first-order valence-corrected chi connectivity index (χ1v) is 10.8. The molecule has 2 aliphatic heterocycles. The van der Waals surface area contributed by atoms with Crippen molar-refractivity contribution in [2.45, 2.75) is 63.4 Å². The highest BCUT2D eigenvalue weighted by Crippen LogP contribution is 2.28. The summed E-state index contributed by atoms with van der Waals surface area (Å²) in [4.78, 5) is 15.0. The van der Waals surface area contributed by atoms with Gasteiger partial charge in [0.1, 0.15) is 11.5 Å². The summed E-state index contributed by atoms with van der Waals surface area (Å²) in [5.74, 6) is 3.11. The third-order valence-corrected chi connectivity index (χ3v) is 6.93. The minimum absolute atomic E-state index is 0.0421. The van der Waals surface area contributed by atoms with Crippen LogP contribution in [0.5, 0.6) is 0 Å². The van der Waals surface area contributed by atoms with Crippen LogP contribution in [0.3, 0.4) is 0 Å². The van der Waals surface area contributed by atoms with Crippen LogP contribution < -0.4 is 5.56 Å².